The summed E-state index contributed by atoms with van der Waals surface area (Å²) in [6, 6.07) is 4.37. The van der Waals surface area contributed by atoms with Crippen molar-refractivity contribution in [1.82, 2.24) is 0 Å². The molecule has 1 heterocycles. The number of anilines is 1. The van der Waals surface area contributed by atoms with Gasteiger partial charge in [-0.15, -0.1) is 0 Å². The van der Waals surface area contributed by atoms with Gasteiger partial charge in [0.2, 0.25) is 0 Å². The summed E-state index contributed by atoms with van der Waals surface area (Å²) in [5, 5.41) is 3.52. The standard InChI is InChI=1S/C15H21NO3/c1-10-8-13(15(17)18-3)11(2)14(9-10)16-12-4-6-19-7-5-12/h8-9,12,16H,4-7H2,1-3H3. The van der Waals surface area contributed by atoms with E-state index in [-0.39, 0.29) is 5.97 Å². The number of aryl methyl sites for hydroxylation is 1. The zero-order chi connectivity index (χ0) is 13.8. The van der Waals surface area contributed by atoms with Crippen LogP contribution in [0, 0.1) is 13.8 Å². The van der Waals surface area contributed by atoms with Crippen LogP contribution in [-0.4, -0.2) is 32.3 Å². The van der Waals surface area contributed by atoms with Gasteiger partial charge >= 0.3 is 5.97 Å². The van der Waals surface area contributed by atoms with E-state index in [1.165, 1.54) is 7.11 Å². The summed E-state index contributed by atoms with van der Waals surface area (Å²) in [4.78, 5) is 11.8. The molecule has 1 aliphatic heterocycles. The first kappa shape index (κ1) is 13.9. The highest BCUT2D eigenvalue weighted by Crippen LogP contribution is 2.24. The Kier molecular flexibility index (Phi) is 4.43. The molecule has 0 amide bonds. The summed E-state index contributed by atoms with van der Waals surface area (Å²) in [6.07, 6.45) is 2.00. The van der Waals surface area contributed by atoms with Crippen molar-refractivity contribution in [1.29, 1.82) is 0 Å². The fraction of sp³-hybridized carbons (Fsp3) is 0.533. The SMILES string of the molecule is COC(=O)c1cc(C)cc(NC2CCOCC2)c1C. The molecule has 1 saturated heterocycles. The topological polar surface area (TPSA) is 47.6 Å². The highest BCUT2D eigenvalue weighted by Gasteiger charge is 2.17. The molecule has 0 radical (unpaired) electrons. The smallest absolute Gasteiger partial charge is 0.338 e. The summed E-state index contributed by atoms with van der Waals surface area (Å²) in [6.45, 7) is 5.53. The first-order valence-electron chi connectivity index (χ1n) is 6.65. The predicted octanol–water partition coefficient (Wildman–Crippen LogP) is 2.68. The van der Waals surface area contributed by atoms with Crippen LogP contribution in [0.4, 0.5) is 5.69 Å². The number of nitrogens with one attached hydrogen (secondary N) is 1. The summed E-state index contributed by atoms with van der Waals surface area (Å²) in [5.41, 5.74) is 3.66. The van der Waals surface area contributed by atoms with E-state index in [1.807, 2.05) is 19.9 Å². The van der Waals surface area contributed by atoms with Gasteiger partial charge < -0.3 is 14.8 Å². The summed E-state index contributed by atoms with van der Waals surface area (Å²) < 4.78 is 10.2. The molecule has 104 valence electrons. The Bertz CT molecular complexity index is 465. The minimum absolute atomic E-state index is 0.281. The van der Waals surface area contributed by atoms with Crippen LogP contribution < -0.4 is 5.32 Å². The average molecular weight is 263 g/mol. The van der Waals surface area contributed by atoms with Gasteiger partial charge in [-0.05, 0) is 49.9 Å². The van der Waals surface area contributed by atoms with Crippen LogP contribution >= 0.6 is 0 Å². The van der Waals surface area contributed by atoms with Gasteiger partial charge in [-0.1, -0.05) is 0 Å². The lowest BCUT2D eigenvalue weighted by atomic mass is 10.0. The van der Waals surface area contributed by atoms with E-state index in [0.717, 1.165) is 42.9 Å². The van der Waals surface area contributed by atoms with Crippen molar-refractivity contribution in [2.75, 3.05) is 25.6 Å². The zero-order valence-corrected chi connectivity index (χ0v) is 11.8. The summed E-state index contributed by atoms with van der Waals surface area (Å²) >= 11 is 0. The largest absolute Gasteiger partial charge is 0.465 e. The van der Waals surface area contributed by atoms with Gasteiger partial charge in [0.05, 0.1) is 12.7 Å². The molecular weight excluding hydrogens is 242 g/mol. The number of hydrogen-bond acceptors (Lipinski definition) is 4. The molecule has 19 heavy (non-hydrogen) atoms. The molecule has 0 atom stereocenters. The highest BCUT2D eigenvalue weighted by atomic mass is 16.5. The van der Waals surface area contributed by atoms with E-state index in [4.69, 9.17) is 9.47 Å². The zero-order valence-electron chi connectivity index (χ0n) is 11.8. The summed E-state index contributed by atoms with van der Waals surface area (Å²) in [5.74, 6) is -0.281. The Balaban J connectivity index is 2.24. The second kappa shape index (κ2) is 6.06. The van der Waals surface area contributed by atoms with E-state index in [2.05, 4.69) is 11.4 Å². The van der Waals surface area contributed by atoms with Crippen molar-refractivity contribution >= 4 is 11.7 Å². The lowest BCUT2D eigenvalue weighted by Crippen LogP contribution is -2.28. The lowest BCUT2D eigenvalue weighted by Gasteiger charge is -2.25. The van der Waals surface area contributed by atoms with Crippen molar-refractivity contribution in [2.24, 2.45) is 0 Å². The third-order valence-corrected chi connectivity index (χ3v) is 3.54. The van der Waals surface area contributed by atoms with Crippen LogP contribution in [-0.2, 0) is 9.47 Å². The molecule has 0 aromatic heterocycles. The van der Waals surface area contributed by atoms with Gasteiger partial charge in [-0.2, -0.15) is 0 Å². The van der Waals surface area contributed by atoms with E-state index >= 15 is 0 Å². The maximum absolute atomic E-state index is 11.8. The van der Waals surface area contributed by atoms with Crippen LogP contribution in [0.1, 0.15) is 34.3 Å². The average Bonchev–Trinajstić information content (AvgIpc) is 2.42. The van der Waals surface area contributed by atoms with E-state index < -0.39 is 0 Å². The molecule has 4 nitrogen and oxygen atoms in total. The van der Waals surface area contributed by atoms with Gasteiger partial charge in [-0.25, -0.2) is 4.79 Å². The molecule has 2 rings (SSSR count). The third kappa shape index (κ3) is 3.26. The number of carbonyl (C=O) groups excluding carboxylic acids is 1. The quantitative estimate of drug-likeness (QED) is 0.852. The number of benzene rings is 1. The van der Waals surface area contributed by atoms with Gasteiger partial charge in [0.1, 0.15) is 0 Å². The minimum atomic E-state index is -0.281. The highest BCUT2D eigenvalue weighted by molar-refractivity contribution is 5.93. The Morgan fingerprint density at radius 1 is 1.32 bits per heavy atom. The molecule has 0 spiro atoms. The maximum Gasteiger partial charge on any atom is 0.338 e. The molecule has 0 bridgehead atoms. The predicted molar refractivity (Wildman–Crippen MR) is 74.7 cm³/mol. The molecule has 4 heteroatoms. The molecule has 1 fully saturated rings. The van der Waals surface area contributed by atoms with Gasteiger partial charge in [0, 0.05) is 24.9 Å². The van der Waals surface area contributed by atoms with Crippen molar-refractivity contribution in [3.63, 3.8) is 0 Å². The van der Waals surface area contributed by atoms with Crippen molar-refractivity contribution in [3.05, 3.63) is 28.8 Å². The van der Waals surface area contributed by atoms with Crippen molar-refractivity contribution in [3.8, 4) is 0 Å². The van der Waals surface area contributed by atoms with Crippen molar-refractivity contribution < 1.29 is 14.3 Å². The second-order valence-corrected chi connectivity index (χ2v) is 5.01. The lowest BCUT2D eigenvalue weighted by molar-refractivity contribution is 0.0599. The van der Waals surface area contributed by atoms with E-state index in [9.17, 15) is 4.79 Å². The summed E-state index contributed by atoms with van der Waals surface area (Å²) in [7, 11) is 1.41. The normalized spacial score (nSPS) is 16.2. The second-order valence-electron chi connectivity index (χ2n) is 5.01. The Morgan fingerprint density at radius 2 is 2.00 bits per heavy atom. The molecule has 1 N–H and O–H groups in total. The maximum atomic E-state index is 11.8. The Hall–Kier alpha value is -1.55. The molecule has 1 aromatic carbocycles. The fourth-order valence-electron chi connectivity index (χ4n) is 2.39. The van der Waals surface area contributed by atoms with Gasteiger partial charge in [-0.3, -0.25) is 0 Å². The van der Waals surface area contributed by atoms with Crippen LogP contribution in [0.5, 0.6) is 0 Å². The first-order valence-corrected chi connectivity index (χ1v) is 6.65. The van der Waals surface area contributed by atoms with E-state index in [1.54, 1.807) is 0 Å². The van der Waals surface area contributed by atoms with E-state index in [0.29, 0.717) is 11.6 Å². The van der Waals surface area contributed by atoms with Crippen molar-refractivity contribution in [2.45, 2.75) is 32.7 Å². The minimum Gasteiger partial charge on any atom is -0.465 e. The monoisotopic (exact) mass is 263 g/mol. The number of methoxy groups -OCH3 is 1. The van der Waals surface area contributed by atoms with Crippen LogP contribution in [0.2, 0.25) is 0 Å². The Labute approximate surface area is 114 Å². The molecule has 0 saturated carbocycles. The van der Waals surface area contributed by atoms with Gasteiger partial charge in [0.25, 0.3) is 0 Å². The first-order chi connectivity index (χ1) is 9.11. The number of rotatable bonds is 3. The fourth-order valence-corrected chi connectivity index (χ4v) is 2.39. The number of hydrogen-bond donors (Lipinski definition) is 1. The molecule has 0 aliphatic carbocycles. The molecule has 1 aromatic rings. The number of esters is 1. The van der Waals surface area contributed by atoms with Crippen LogP contribution in [0.25, 0.3) is 0 Å². The van der Waals surface area contributed by atoms with Gasteiger partial charge in [0.15, 0.2) is 0 Å². The molecule has 0 unspecified atom stereocenters. The molecular formula is C15H21NO3. The van der Waals surface area contributed by atoms with Crippen LogP contribution in [0.3, 0.4) is 0 Å². The number of ether oxygens (including phenoxy) is 2. The molecule has 1 aliphatic rings. The van der Waals surface area contributed by atoms with Crippen LogP contribution in [0.15, 0.2) is 12.1 Å². The third-order valence-electron chi connectivity index (χ3n) is 3.54. The Morgan fingerprint density at radius 3 is 2.63 bits per heavy atom. The number of carbonyl (C=O) groups is 1.